The fraction of sp³-hybridized carbons (Fsp3) is 0.143. The molecule has 1 aromatic heterocycles. The summed E-state index contributed by atoms with van der Waals surface area (Å²) in [7, 11) is 0. The van der Waals surface area contributed by atoms with Crippen molar-refractivity contribution in [2.45, 2.75) is 13.3 Å². The van der Waals surface area contributed by atoms with Crippen LogP contribution in [-0.2, 0) is 0 Å². The molecule has 0 bridgehead atoms. The Balaban J connectivity index is 2.12. The number of nitrogens with zero attached hydrogens (tertiary/aromatic N) is 1. The van der Waals surface area contributed by atoms with E-state index in [9.17, 15) is 18.0 Å². The summed E-state index contributed by atoms with van der Waals surface area (Å²) in [6.45, 7) is 1.84. The van der Waals surface area contributed by atoms with Crippen LogP contribution >= 0.6 is 0 Å². The van der Waals surface area contributed by atoms with Gasteiger partial charge in [-0.2, -0.15) is 0 Å². The maximum atomic E-state index is 12.1. The van der Waals surface area contributed by atoms with Gasteiger partial charge in [0, 0.05) is 11.8 Å². The number of aryl methyl sites for hydroxylation is 1. The van der Waals surface area contributed by atoms with Gasteiger partial charge in [-0.1, -0.05) is 12.1 Å². The van der Waals surface area contributed by atoms with E-state index in [1.54, 1.807) is 18.3 Å². The Morgan fingerprint density at radius 1 is 1.24 bits per heavy atom. The highest BCUT2D eigenvalue weighted by molar-refractivity contribution is 6.03. The van der Waals surface area contributed by atoms with Gasteiger partial charge in [0.2, 0.25) is 0 Å². The van der Waals surface area contributed by atoms with E-state index in [0.717, 1.165) is 17.7 Å². The van der Waals surface area contributed by atoms with Crippen LogP contribution in [-0.4, -0.2) is 17.3 Å². The van der Waals surface area contributed by atoms with E-state index >= 15 is 0 Å². The Morgan fingerprint density at radius 3 is 2.62 bits per heavy atom. The second kappa shape index (κ2) is 5.82. The van der Waals surface area contributed by atoms with Crippen molar-refractivity contribution in [3.8, 4) is 5.75 Å². The van der Waals surface area contributed by atoms with E-state index in [1.165, 1.54) is 12.1 Å². The second-order valence-corrected chi connectivity index (χ2v) is 4.25. The van der Waals surface area contributed by atoms with Crippen molar-refractivity contribution in [3.05, 3.63) is 53.7 Å². The Kier molecular flexibility index (Phi) is 4.11. The van der Waals surface area contributed by atoms with Gasteiger partial charge in [-0.15, -0.1) is 13.2 Å². The number of hydrogen-bond donors (Lipinski definition) is 1. The van der Waals surface area contributed by atoms with E-state index in [0.29, 0.717) is 5.82 Å². The molecular weight excluding hydrogens is 285 g/mol. The monoisotopic (exact) mass is 296 g/mol. The summed E-state index contributed by atoms with van der Waals surface area (Å²) in [6.07, 6.45) is -3.23. The summed E-state index contributed by atoms with van der Waals surface area (Å²) in [4.78, 5) is 15.9. The van der Waals surface area contributed by atoms with Crippen LogP contribution in [0.3, 0.4) is 0 Å². The quantitative estimate of drug-likeness (QED) is 0.942. The molecule has 110 valence electrons. The normalized spacial score (nSPS) is 11.0. The Bertz CT molecular complexity index is 639. The average Bonchev–Trinajstić information content (AvgIpc) is 2.40. The third-order valence-electron chi connectivity index (χ3n) is 2.48. The smallest absolute Gasteiger partial charge is 0.406 e. The molecule has 7 heteroatoms. The Labute approximate surface area is 118 Å². The van der Waals surface area contributed by atoms with E-state index in [2.05, 4.69) is 15.0 Å². The number of hydrogen-bond acceptors (Lipinski definition) is 3. The highest BCUT2D eigenvalue weighted by Gasteiger charge is 2.31. The molecule has 4 nitrogen and oxygen atoms in total. The molecule has 1 N–H and O–H groups in total. The summed E-state index contributed by atoms with van der Waals surface area (Å²) < 4.78 is 40.1. The zero-order chi connectivity index (χ0) is 15.5. The molecule has 0 saturated carbocycles. The number of anilines is 1. The number of pyridine rings is 1. The van der Waals surface area contributed by atoms with Crippen molar-refractivity contribution in [1.29, 1.82) is 0 Å². The lowest BCUT2D eigenvalue weighted by atomic mass is 10.2. The molecule has 0 spiro atoms. The minimum Gasteiger partial charge on any atom is -0.406 e. The van der Waals surface area contributed by atoms with Gasteiger partial charge in [0.25, 0.3) is 5.91 Å². The zero-order valence-electron chi connectivity index (χ0n) is 10.9. The molecule has 0 aliphatic rings. The molecule has 0 unspecified atom stereocenters. The highest BCUT2D eigenvalue weighted by Crippen LogP contribution is 2.23. The van der Waals surface area contributed by atoms with Gasteiger partial charge in [-0.3, -0.25) is 4.79 Å². The first-order chi connectivity index (χ1) is 9.83. The fourth-order valence-corrected chi connectivity index (χ4v) is 1.56. The van der Waals surface area contributed by atoms with Crippen molar-refractivity contribution in [2.75, 3.05) is 5.32 Å². The van der Waals surface area contributed by atoms with Gasteiger partial charge in [-0.05, 0) is 36.8 Å². The molecule has 0 atom stereocenters. The number of amides is 1. The standard InChI is InChI=1S/C14H11F3N2O2/c1-9-5-6-12(18-8-9)19-13(20)10-3-2-4-11(7-10)21-14(15,16)17/h2-8H,1H3,(H,18,19,20). The summed E-state index contributed by atoms with van der Waals surface area (Å²) >= 11 is 0. The highest BCUT2D eigenvalue weighted by atomic mass is 19.4. The van der Waals surface area contributed by atoms with Crippen LogP contribution in [0.15, 0.2) is 42.6 Å². The van der Waals surface area contributed by atoms with Crippen molar-refractivity contribution < 1.29 is 22.7 Å². The fourth-order valence-electron chi connectivity index (χ4n) is 1.56. The lowest BCUT2D eigenvalue weighted by Gasteiger charge is -2.10. The minimum absolute atomic E-state index is 0.0409. The summed E-state index contributed by atoms with van der Waals surface area (Å²) in [5.41, 5.74) is 0.965. The number of carbonyl (C=O) groups excluding carboxylic acids is 1. The first kappa shape index (κ1) is 14.8. The number of rotatable bonds is 3. The molecule has 1 amide bonds. The summed E-state index contributed by atoms with van der Waals surface area (Å²) in [5, 5.41) is 2.49. The molecule has 0 saturated heterocycles. The molecule has 0 aliphatic heterocycles. The zero-order valence-corrected chi connectivity index (χ0v) is 10.9. The van der Waals surface area contributed by atoms with Gasteiger partial charge in [-0.25, -0.2) is 4.98 Å². The van der Waals surface area contributed by atoms with Crippen molar-refractivity contribution in [1.82, 2.24) is 4.98 Å². The predicted molar refractivity (Wildman–Crippen MR) is 70.1 cm³/mol. The topological polar surface area (TPSA) is 51.2 Å². The number of ether oxygens (including phenoxy) is 1. The lowest BCUT2D eigenvalue weighted by Crippen LogP contribution is -2.18. The molecule has 1 aromatic carbocycles. The number of alkyl halides is 3. The molecule has 2 aromatic rings. The van der Waals surface area contributed by atoms with Gasteiger partial charge in [0.15, 0.2) is 0 Å². The largest absolute Gasteiger partial charge is 0.573 e. The van der Waals surface area contributed by atoms with Gasteiger partial charge in [0.05, 0.1) is 0 Å². The number of halogens is 3. The van der Waals surface area contributed by atoms with Gasteiger partial charge >= 0.3 is 6.36 Å². The average molecular weight is 296 g/mol. The second-order valence-electron chi connectivity index (χ2n) is 4.25. The molecule has 0 radical (unpaired) electrons. The van der Waals surface area contributed by atoms with E-state index in [-0.39, 0.29) is 5.56 Å². The van der Waals surface area contributed by atoms with Crippen molar-refractivity contribution in [2.24, 2.45) is 0 Å². The number of benzene rings is 1. The predicted octanol–water partition coefficient (Wildman–Crippen LogP) is 3.54. The molecular formula is C14H11F3N2O2. The third-order valence-corrected chi connectivity index (χ3v) is 2.48. The van der Waals surface area contributed by atoms with Crippen LogP contribution in [0.5, 0.6) is 5.75 Å². The first-order valence-electron chi connectivity index (χ1n) is 5.93. The van der Waals surface area contributed by atoms with Crippen molar-refractivity contribution >= 4 is 11.7 Å². The number of aromatic nitrogens is 1. The Hall–Kier alpha value is -2.57. The molecule has 21 heavy (non-hydrogen) atoms. The maximum Gasteiger partial charge on any atom is 0.573 e. The van der Waals surface area contributed by atoms with Crippen LogP contribution in [0.25, 0.3) is 0 Å². The van der Waals surface area contributed by atoms with Gasteiger partial charge in [0.1, 0.15) is 11.6 Å². The Morgan fingerprint density at radius 2 is 2.00 bits per heavy atom. The van der Waals surface area contributed by atoms with Crippen LogP contribution < -0.4 is 10.1 Å². The van der Waals surface area contributed by atoms with E-state index in [1.807, 2.05) is 6.92 Å². The number of carbonyl (C=O) groups is 1. The van der Waals surface area contributed by atoms with Crippen LogP contribution in [0, 0.1) is 6.92 Å². The summed E-state index contributed by atoms with van der Waals surface area (Å²) in [5.74, 6) is -0.710. The lowest BCUT2D eigenvalue weighted by molar-refractivity contribution is -0.274. The molecule has 1 heterocycles. The molecule has 2 rings (SSSR count). The van der Waals surface area contributed by atoms with Crippen LogP contribution in [0.2, 0.25) is 0 Å². The van der Waals surface area contributed by atoms with Crippen LogP contribution in [0.1, 0.15) is 15.9 Å². The van der Waals surface area contributed by atoms with Gasteiger partial charge < -0.3 is 10.1 Å². The minimum atomic E-state index is -4.80. The third kappa shape index (κ3) is 4.48. The SMILES string of the molecule is Cc1ccc(NC(=O)c2cccc(OC(F)(F)F)c2)nc1. The maximum absolute atomic E-state index is 12.1. The molecule has 0 aliphatic carbocycles. The first-order valence-corrected chi connectivity index (χ1v) is 5.93. The van der Waals surface area contributed by atoms with Crippen LogP contribution in [0.4, 0.5) is 19.0 Å². The van der Waals surface area contributed by atoms with E-state index in [4.69, 9.17) is 0 Å². The van der Waals surface area contributed by atoms with Crippen molar-refractivity contribution in [3.63, 3.8) is 0 Å². The summed E-state index contributed by atoms with van der Waals surface area (Å²) in [6, 6.07) is 8.17. The molecule has 0 fully saturated rings. The number of nitrogens with one attached hydrogen (secondary N) is 1. The van der Waals surface area contributed by atoms with E-state index < -0.39 is 18.0 Å².